The largest absolute Gasteiger partial charge is 0.370 e. The maximum atomic E-state index is 13.3. The summed E-state index contributed by atoms with van der Waals surface area (Å²) in [6, 6.07) is 6.58. The molecule has 1 aromatic carbocycles. The molecule has 1 aliphatic heterocycles. The van der Waals surface area contributed by atoms with Crippen molar-refractivity contribution >= 4 is 27.4 Å². The summed E-state index contributed by atoms with van der Waals surface area (Å²) < 4.78 is 18.8. The average molecular weight is 388 g/mol. The first kappa shape index (κ1) is 18.3. The molecule has 0 amide bonds. The van der Waals surface area contributed by atoms with Gasteiger partial charge in [-0.15, -0.1) is 11.3 Å². The zero-order valence-corrected chi connectivity index (χ0v) is 16.4. The van der Waals surface area contributed by atoms with Crippen LogP contribution in [0.5, 0.6) is 0 Å². The number of hydrogen-bond donors (Lipinski definition) is 2. The van der Waals surface area contributed by atoms with Crippen molar-refractivity contribution < 1.29 is 14.0 Å². The molecule has 3 aromatic rings. The number of aromatic nitrogens is 2. The minimum atomic E-state index is -0.233. The van der Waals surface area contributed by atoms with E-state index in [2.05, 4.69) is 34.5 Å². The Balaban J connectivity index is 1.62. The van der Waals surface area contributed by atoms with Crippen LogP contribution in [0.1, 0.15) is 13.8 Å². The molecule has 7 heteroatoms. The molecule has 0 atom stereocenters. The quantitative estimate of drug-likeness (QED) is 0.707. The number of halogens is 1. The zero-order valence-electron chi connectivity index (χ0n) is 15.6. The lowest BCUT2D eigenvalue weighted by Gasteiger charge is -2.37. The molecule has 1 saturated heterocycles. The second-order valence-electron chi connectivity index (χ2n) is 7.51. The van der Waals surface area contributed by atoms with Gasteiger partial charge in [-0.2, -0.15) is 0 Å². The smallest absolute Gasteiger partial charge is 0.139 e. The molecule has 142 valence electrons. The van der Waals surface area contributed by atoms with Gasteiger partial charge in [-0.1, -0.05) is 12.1 Å². The van der Waals surface area contributed by atoms with Gasteiger partial charge in [0.25, 0.3) is 0 Å². The van der Waals surface area contributed by atoms with Gasteiger partial charge in [-0.05, 0) is 31.5 Å². The summed E-state index contributed by atoms with van der Waals surface area (Å²) >= 11 is 1.58. The molecule has 5 nitrogen and oxygen atoms in total. The van der Waals surface area contributed by atoms with E-state index in [0.717, 1.165) is 60.0 Å². The Morgan fingerprint density at radius 1 is 1.19 bits per heavy atom. The maximum Gasteiger partial charge on any atom is 0.139 e. The highest BCUT2D eigenvalue weighted by atomic mass is 32.1. The molecular weight excluding hydrogens is 363 g/mol. The van der Waals surface area contributed by atoms with Crippen LogP contribution >= 0.6 is 11.3 Å². The molecule has 0 saturated carbocycles. The fourth-order valence-corrected chi connectivity index (χ4v) is 4.49. The van der Waals surface area contributed by atoms with Crippen molar-refractivity contribution in [3.05, 3.63) is 41.8 Å². The zero-order chi connectivity index (χ0) is 18.9. The van der Waals surface area contributed by atoms with E-state index in [0.29, 0.717) is 0 Å². The third kappa shape index (κ3) is 3.81. The van der Waals surface area contributed by atoms with Gasteiger partial charge < -0.3 is 15.0 Å². The van der Waals surface area contributed by atoms with E-state index in [4.69, 9.17) is 4.74 Å². The molecule has 27 heavy (non-hydrogen) atoms. The van der Waals surface area contributed by atoms with Crippen molar-refractivity contribution in [1.29, 1.82) is 0 Å². The number of nitrogens with one attached hydrogen (secondary N) is 2. The van der Waals surface area contributed by atoms with Crippen molar-refractivity contribution in [2.75, 3.05) is 38.2 Å². The Morgan fingerprint density at radius 3 is 2.67 bits per heavy atom. The topological polar surface area (TPSA) is 51.5 Å². The standard InChI is InChI=1S/C20H23FN4OS/c1-20(2,25-7-9-26-10-8-25)12-22-18-17-16(11-27-19(17)24-13-23-18)14-3-5-15(21)6-4-14/h3-6,11,13H,7-10,12H2,1-2H3,(H,22,23,24)/p+1. The van der Waals surface area contributed by atoms with E-state index in [1.165, 1.54) is 17.0 Å². The predicted molar refractivity (Wildman–Crippen MR) is 107 cm³/mol. The number of anilines is 1. The van der Waals surface area contributed by atoms with Crippen molar-refractivity contribution in [2.45, 2.75) is 19.4 Å². The number of nitrogens with zero attached hydrogens (tertiary/aromatic N) is 2. The van der Waals surface area contributed by atoms with Gasteiger partial charge in [0.15, 0.2) is 0 Å². The van der Waals surface area contributed by atoms with Gasteiger partial charge in [-0.3, -0.25) is 0 Å². The van der Waals surface area contributed by atoms with Crippen molar-refractivity contribution in [3.63, 3.8) is 0 Å². The molecule has 1 fully saturated rings. The van der Waals surface area contributed by atoms with Crippen LogP contribution in [-0.4, -0.2) is 48.4 Å². The highest BCUT2D eigenvalue weighted by Gasteiger charge is 2.32. The van der Waals surface area contributed by atoms with Crippen molar-refractivity contribution in [3.8, 4) is 11.1 Å². The van der Waals surface area contributed by atoms with Crippen LogP contribution in [0.25, 0.3) is 21.3 Å². The first-order chi connectivity index (χ1) is 13.0. The van der Waals surface area contributed by atoms with Gasteiger partial charge in [0.1, 0.15) is 41.4 Å². The van der Waals surface area contributed by atoms with E-state index < -0.39 is 0 Å². The van der Waals surface area contributed by atoms with Crippen molar-refractivity contribution in [2.24, 2.45) is 0 Å². The highest BCUT2D eigenvalue weighted by molar-refractivity contribution is 7.17. The third-order valence-corrected chi connectivity index (χ3v) is 6.16. The van der Waals surface area contributed by atoms with Gasteiger partial charge in [0.05, 0.1) is 25.1 Å². The normalized spacial score (nSPS) is 16.0. The molecule has 0 unspecified atom stereocenters. The second-order valence-corrected chi connectivity index (χ2v) is 8.37. The summed E-state index contributed by atoms with van der Waals surface area (Å²) in [6.45, 7) is 9.01. The van der Waals surface area contributed by atoms with Crippen LogP contribution < -0.4 is 10.2 Å². The Labute approximate surface area is 162 Å². The SMILES string of the molecule is CC(C)(CNc1ncnc2scc(-c3ccc(F)cc3)c12)[NH+]1CCOCC1. The van der Waals surface area contributed by atoms with Crippen LogP contribution in [0.4, 0.5) is 10.2 Å². The Bertz CT molecular complexity index is 919. The maximum absolute atomic E-state index is 13.3. The van der Waals surface area contributed by atoms with Crippen LogP contribution in [0.15, 0.2) is 36.0 Å². The number of quaternary nitrogens is 1. The number of rotatable bonds is 5. The lowest BCUT2D eigenvalue weighted by Crippen LogP contribution is -3.21. The molecular formula is C20H24FN4OS+. The summed E-state index contributed by atoms with van der Waals surface area (Å²) in [4.78, 5) is 11.4. The van der Waals surface area contributed by atoms with Crippen LogP contribution in [0.2, 0.25) is 0 Å². The molecule has 3 heterocycles. The number of ether oxygens (including phenoxy) is 1. The van der Waals surface area contributed by atoms with Crippen molar-refractivity contribution in [1.82, 2.24) is 9.97 Å². The minimum absolute atomic E-state index is 0.0626. The molecule has 4 rings (SSSR count). The Kier molecular flexibility index (Phi) is 5.08. The van der Waals surface area contributed by atoms with Crippen LogP contribution in [0.3, 0.4) is 0 Å². The molecule has 2 aromatic heterocycles. The number of benzene rings is 1. The first-order valence-electron chi connectivity index (χ1n) is 9.19. The Morgan fingerprint density at radius 2 is 1.93 bits per heavy atom. The van der Waals surface area contributed by atoms with E-state index >= 15 is 0 Å². The predicted octanol–water partition coefficient (Wildman–Crippen LogP) is 2.60. The van der Waals surface area contributed by atoms with E-state index in [9.17, 15) is 4.39 Å². The molecule has 0 bridgehead atoms. The van der Waals surface area contributed by atoms with Gasteiger partial charge in [0, 0.05) is 10.9 Å². The number of morpholine rings is 1. The molecule has 0 spiro atoms. The average Bonchev–Trinajstić information content (AvgIpc) is 3.12. The second kappa shape index (κ2) is 7.50. The fraction of sp³-hybridized carbons (Fsp3) is 0.400. The summed E-state index contributed by atoms with van der Waals surface area (Å²) in [5, 5.41) is 6.62. The molecule has 2 N–H and O–H groups in total. The Hall–Kier alpha value is -2.09. The number of thiophene rings is 1. The third-order valence-electron chi connectivity index (χ3n) is 5.28. The van der Waals surface area contributed by atoms with Crippen LogP contribution in [0, 0.1) is 5.82 Å². The van der Waals surface area contributed by atoms with E-state index in [-0.39, 0.29) is 11.4 Å². The molecule has 0 radical (unpaired) electrons. The lowest BCUT2D eigenvalue weighted by atomic mass is 10.0. The minimum Gasteiger partial charge on any atom is -0.370 e. The summed E-state index contributed by atoms with van der Waals surface area (Å²) in [5.74, 6) is 0.601. The van der Waals surface area contributed by atoms with E-state index in [1.54, 1.807) is 29.8 Å². The van der Waals surface area contributed by atoms with E-state index in [1.807, 2.05) is 0 Å². The molecule has 1 aliphatic rings. The van der Waals surface area contributed by atoms with Gasteiger partial charge >= 0.3 is 0 Å². The van der Waals surface area contributed by atoms with Gasteiger partial charge in [0.2, 0.25) is 0 Å². The monoisotopic (exact) mass is 387 g/mol. The first-order valence-corrected chi connectivity index (χ1v) is 10.1. The lowest BCUT2D eigenvalue weighted by molar-refractivity contribution is -0.953. The summed E-state index contributed by atoms with van der Waals surface area (Å²) in [5.41, 5.74) is 2.07. The molecule has 0 aliphatic carbocycles. The van der Waals surface area contributed by atoms with Crippen LogP contribution in [-0.2, 0) is 4.74 Å². The highest BCUT2D eigenvalue weighted by Crippen LogP contribution is 2.36. The summed E-state index contributed by atoms with van der Waals surface area (Å²) in [6.07, 6.45) is 1.60. The fourth-order valence-electron chi connectivity index (χ4n) is 3.58. The number of hydrogen-bond acceptors (Lipinski definition) is 5. The van der Waals surface area contributed by atoms with Gasteiger partial charge in [-0.25, -0.2) is 14.4 Å². The summed E-state index contributed by atoms with van der Waals surface area (Å²) in [7, 11) is 0. The number of fused-ring (bicyclic) bond motifs is 1.